The molecule has 3 rings (SSSR count). The zero-order chi connectivity index (χ0) is 18.2. The first-order valence-electron chi connectivity index (χ1n) is 7.72. The molecule has 0 saturated heterocycles. The number of aryl methyl sites for hydroxylation is 2. The molecule has 1 aromatic carbocycles. The molecular formula is C16H18N4O4S. The second-order valence-electron chi connectivity index (χ2n) is 5.74. The predicted octanol–water partition coefficient (Wildman–Crippen LogP) is 1.60. The number of nitrogens with zero attached hydrogens (tertiary/aromatic N) is 3. The van der Waals surface area contributed by atoms with Crippen LogP contribution in [0.2, 0.25) is 0 Å². The number of benzene rings is 1. The molecule has 132 valence electrons. The van der Waals surface area contributed by atoms with E-state index in [1.807, 2.05) is 6.92 Å². The predicted molar refractivity (Wildman–Crippen MR) is 91.6 cm³/mol. The molecule has 2 aromatic heterocycles. The lowest BCUT2D eigenvalue weighted by atomic mass is 10.1. The molecule has 0 aliphatic heterocycles. The van der Waals surface area contributed by atoms with E-state index in [0.29, 0.717) is 28.7 Å². The standard InChI is InChI=1S/C16H18N4O4S/c1-4-14-18-16(24-19-14)9-20(3)25(22,23)11-5-6-13-12(8-11)10(2)7-15(21)17-13/h5-8H,4,9H2,1-3H3,(H,17,21). The highest BCUT2D eigenvalue weighted by Crippen LogP contribution is 2.22. The molecule has 1 N–H and O–H groups in total. The van der Waals surface area contributed by atoms with Gasteiger partial charge >= 0.3 is 0 Å². The van der Waals surface area contributed by atoms with Crippen molar-refractivity contribution in [2.75, 3.05) is 7.05 Å². The zero-order valence-corrected chi connectivity index (χ0v) is 14.9. The van der Waals surface area contributed by atoms with E-state index >= 15 is 0 Å². The minimum Gasteiger partial charge on any atom is -0.338 e. The van der Waals surface area contributed by atoms with Crippen LogP contribution in [0, 0.1) is 6.92 Å². The van der Waals surface area contributed by atoms with E-state index in [4.69, 9.17) is 4.52 Å². The Hall–Kier alpha value is -2.52. The van der Waals surface area contributed by atoms with Gasteiger partial charge in [-0.2, -0.15) is 9.29 Å². The van der Waals surface area contributed by atoms with Crippen LogP contribution in [0.1, 0.15) is 24.2 Å². The van der Waals surface area contributed by atoms with E-state index in [2.05, 4.69) is 15.1 Å². The number of H-pyrrole nitrogens is 1. The van der Waals surface area contributed by atoms with Crippen molar-refractivity contribution >= 4 is 20.9 Å². The van der Waals surface area contributed by atoms with Gasteiger partial charge in [0.1, 0.15) is 0 Å². The molecule has 9 heteroatoms. The minimum atomic E-state index is -3.74. The van der Waals surface area contributed by atoms with Crippen LogP contribution in [0.15, 0.2) is 38.5 Å². The summed E-state index contributed by atoms with van der Waals surface area (Å²) in [6.45, 7) is 3.64. The quantitative estimate of drug-likeness (QED) is 0.738. The van der Waals surface area contributed by atoms with E-state index in [9.17, 15) is 13.2 Å². The Labute approximate surface area is 144 Å². The molecule has 0 atom stereocenters. The van der Waals surface area contributed by atoms with Gasteiger partial charge in [0.2, 0.25) is 21.5 Å². The second kappa shape index (κ2) is 6.41. The fourth-order valence-corrected chi connectivity index (χ4v) is 3.66. The Morgan fingerprint density at radius 2 is 2.04 bits per heavy atom. The minimum absolute atomic E-state index is 0.0159. The van der Waals surface area contributed by atoms with E-state index < -0.39 is 10.0 Å². The molecule has 25 heavy (non-hydrogen) atoms. The smallest absolute Gasteiger partial charge is 0.248 e. The van der Waals surface area contributed by atoms with Gasteiger partial charge in [0.25, 0.3) is 0 Å². The van der Waals surface area contributed by atoms with Gasteiger partial charge in [0, 0.05) is 30.4 Å². The topological polar surface area (TPSA) is 109 Å². The summed E-state index contributed by atoms with van der Waals surface area (Å²) in [5.74, 6) is 0.773. The SMILES string of the molecule is CCc1noc(CN(C)S(=O)(=O)c2ccc3[nH]c(=O)cc(C)c3c2)n1. The third-order valence-electron chi connectivity index (χ3n) is 3.91. The molecule has 0 aliphatic carbocycles. The van der Waals surface area contributed by atoms with Crippen LogP contribution in [-0.2, 0) is 23.0 Å². The first-order valence-corrected chi connectivity index (χ1v) is 9.16. The van der Waals surface area contributed by atoms with Crippen molar-refractivity contribution < 1.29 is 12.9 Å². The van der Waals surface area contributed by atoms with Crippen molar-refractivity contribution in [2.45, 2.75) is 31.7 Å². The van der Waals surface area contributed by atoms with Crippen LogP contribution in [0.4, 0.5) is 0 Å². The molecule has 8 nitrogen and oxygen atoms in total. The maximum absolute atomic E-state index is 12.8. The van der Waals surface area contributed by atoms with Crippen molar-refractivity contribution in [1.29, 1.82) is 0 Å². The lowest BCUT2D eigenvalue weighted by molar-refractivity contribution is 0.334. The van der Waals surface area contributed by atoms with Gasteiger partial charge in [-0.15, -0.1) is 0 Å². The summed E-state index contributed by atoms with van der Waals surface area (Å²) in [4.78, 5) is 18.5. The second-order valence-corrected chi connectivity index (χ2v) is 7.79. The lowest BCUT2D eigenvalue weighted by Gasteiger charge is -2.15. The van der Waals surface area contributed by atoms with Crippen LogP contribution in [-0.4, -0.2) is 34.9 Å². The van der Waals surface area contributed by atoms with E-state index in [1.165, 1.54) is 19.2 Å². The maximum atomic E-state index is 12.8. The first kappa shape index (κ1) is 17.3. The lowest BCUT2D eigenvalue weighted by Crippen LogP contribution is -2.26. The molecule has 0 fully saturated rings. The average Bonchev–Trinajstić information content (AvgIpc) is 3.02. The monoisotopic (exact) mass is 362 g/mol. The molecule has 0 aliphatic rings. The molecule has 0 amide bonds. The summed E-state index contributed by atoms with van der Waals surface area (Å²) in [5, 5.41) is 4.44. The van der Waals surface area contributed by atoms with Crippen molar-refractivity contribution in [1.82, 2.24) is 19.4 Å². The summed E-state index contributed by atoms with van der Waals surface area (Å²) in [6.07, 6.45) is 0.613. The van der Waals surface area contributed by atoms with E-state index in [1.54, 1.807) is 19.1 Å². The third kappa shape index (κ3) is 3.33. The maximum Gasteiger partial charge on any atom is 0.248 e. The molecule has 0 unspecified atom stereocenters. The van der Waals surface area contributed by atoms with E-state index in [-0.39, 0.29) is 22.9 Å². The molecule has 0 spiro atoms. The first-order chi connectivity index (χ1) is 11.8. The van der Waals surface area contributed by atoms with Gasteiger partial charge < -0.3 is 9.51 Å². The molecule has 2 heterocycles. The van der Waals surface area contributed by atoms with Crippen LogP contribution in [0.5, 0.6) is 0 Å². The van der Waals surface area contributed by atoms with Gasteiger partial charge in [-0.1, -0.05) is 12.1 Å². The Morgan fingerprint density at radius 1 is 1.28 bits per heavy atom. The van der Waals surface area contributed by atoms with Crippen LogP contribution in [0.25, 0.3) is 10.9 Å². The van der Waals surface area contributed by atoms with Crippen molar-refractivity contribution in [3.63, 3.8) is 0 Å². The number of hydrogen-bond acceptors (Lipinski definition) is 6. The number of hydrogen-bond donors (Lipinski definition) is 1. The van der Waals surface area contributed by atoms with Crippen molar-refractivity contribution in [3.05, 3.63) is 51.9 Å². The molecule has 0 bridgehead atoms. The normalized spacial score (nSPS) is 12.2. The highest BCUT2D eigenvalue weighted by molar-refractivity contribution is 7.89. The Bertz CT molecular complexity index is 1080. The van der Waals surface area contributed by atoms with E-state index in [0.717, 1.165) is 4.31 Å². The average molecular weight is 362 g/mol. The van der Waals surface area contributed by atoms with Gasteiger partial charge in [-0.05, 0) is 30.7 Å². The molecule has 0 radical (unpaired) electrons. The number of sulfonamides is 1. The molecular weight excluding hydrogens is 344 g/mol. The van der Waals surface area contributed by atoms with Gasteiger partial charge in [0.15, 0.2) is 5.82 Å². The van der Waals surface area contributed by atoms with Crippen LogP contribution < -0.4 is 5.56 Å². The fourth-order valence-electron chi connectivity index (χ4n) is 2.52. The van der Waals surface area contributed by atoms with Crippen LogP contribution in [0.3, 0.4) is 0 Å². The highest BCUT2D eigenvalue weighted by Gasteiger charge is 2.23. The fraction of sp³-hybridized carbons (Fsp3) is 0.312. The van der Waals surface area contributed by atoms with Crippen molar-refractivity contribution in [3.8, 4) is 0 Å². The van der Waals surface area contributed by atoms with Crippen LogP contribution >= 0.6 is 0 Å². The number of aromatic amines is 1. The number of pyridine rings is 1. The summed E-state index contributed by atoms with van der Waals surface area (Å²) in [7, 11) is -2.29. The number of fused-ring (bicyclic) bond motifs is 1. The number of nitrogens with one attached hydrogen (secondary N) is 1. The largest absolute Gasteiger partial charge is 0.338 e. The Morgan fingerprint density at radius 3 is 2.72 bits per heavy atom. The third-order valence-corrected chi connectivity index (χ3v) is 5.71. The summed E-state index contributed by atoms with van der Waals surface area (Å²) in [5.41, 5.74) is 1.08. The summed E-state index contributed by atoms with van der Waals surface area (Å²) < 4.78 is 31.8. The molecule has 0 saturated carbocycles. The van der Waals surface area contributed by atoms with Gasteiger partial charge in [-0.3, -0.25) is 4.79 Å². The number of aromatic nitrogens is 3. The summed E-state index contributed by atoms with van der Waals surface area (Å²) >= 11 is 0. The molecule has 3 aromatic rings. The summed E-state index contributed by atoms with van der Waals surface area (Å²) in [6, 6.07) is 6.05. The van der Waals surface area contributed by atoms with Crippen molar-refractivity contribution in [2.24, 2.45) is 0 Å². The Balaban J connectivity index is 1.95. The number of rotatable bonds is 5. The zero-order valence-electron chi connectivity index (χ0n) is 14.1. The highest BCUT2D eigenvalue weighted by atomic mass is 32.2. The van der Waals surface area contributed by atoms with Gasteiger partial charge in [-0.25, -0.2) is 8.42 Å². The van der Waals surface area contributed by atoms with Gasteiger partial charge in [0.05, 0.1) is 11.4 Å². The Kier molecular flexibility index (Phi) is 4.44.